The predicted octanol–water partition coefficient (Wildman–Crippen LogP) is 2.86. The van der Waals surface area contributed by atoms with Gasteiger partial charge in [-0.25, -0.2) is 0 Å². The first-order valence-corrected chi connectivity index (χ1v) is 7.52. The molecular formula is C16H18F3NO3. The molecule has 7 heteroatoms. The fraction of sp³-hybridized carbons (Fsp3) is 0.562. The summed E-state index contributed by atoms with van der Waals surface area (Å²) in [4.78, 5) is 13.9. The van der Waals surface area contributed by atoms with Crippen LogP contribution in [0, 0.1) is 0 Å². The Balaban J connectivity index is 1.64. The second-order valence-electron chi connectivity index (χ2n) is 6.02. The van der Waals surface area contributed by atoms with Gasteiger partial charge in [0.1, 0.15) is 17.4 Å². The zero-order valence-electron chi connectivity index (χ0n) is 12.7. The number of nitrogens with zero attached hydrogens (tertiary/aromatic N) is 1. The number of hydrogen-bond acceptors (Lipinski definition) is 4. The summed E-state index contributed by atoms with van der Waals surface area (Å²) in [6, 6.07) is 4.88. The quantitative estimate of drug-likeness (QED) is 0.796. The summed E-state index contributed by atoms with van der Waals surface area (Å²) in [5, 5.41) is 0. The van der Waals surface area contributed by atoms with Crippen molar-refractivity contribution in [3.63, 3.8) is 0 Å². The van der Waals surface area contributed by atoms with Crippen molar-refractivity contribution in [2.75, 3.05) is 20.2 Å². The Morgan fingerprint density at radius 2 is 2.09 bits per heavy atom. The molecule has 0 aromatic heterocycles. The molecule has 1 saturated heterocycles. The van der Waals surface area contributed by atoms with Crippen LogP contribution in [0.25, 0.3) is 0 Å². The average Bonchev–Trinajstić information content (AvgIpc) is 3.20. The molecule has 1 saturated carbocycles. The van der Waals surface area contributed by atoms with Crippen LogP contribution in [0.3, 0.4) is 0 Å². The van der Waals surface area contributed by atoms with E-state index >= 15 is 0 Å². The molecule has 0 spiro atoms. The molecule has 126 valence electrons. The lowest BCUT2D eigenvalue weighted by molar-refractivity contribution is -0.148. The van der Waals surface area contributed by atoms with Crippen LogP contribution in [0.4, 0.5) is 13.2 Å². The Morgan fingerprint density at radius 3 is 2.70 bits per heavy atom. The van der Waals surface area contributed by atoms with Crippen molar-refractivity contribution >= 4 is 5.97 Å². The van der Waals surface area contributed by atoms with Crippen LogP contribution in [-0.4, -0.2) is 42.7 Å². The lowest BCUT2D eigenvalue weighted by Crippen LogP contribution is -2.43. The lowest BCUT2D eigenvalue weighted by atomic mass is 10.2. The van der Waals surface area contributed by atoms with Gasteiger partial charge in [-0.05, 0) is 37.5 Å². The number of esters is 1. The van der Waals surface area contributed by atoms with Crippen LogP contribution in [0.15, 0.2) is 24.3 Å². The van der Waals surface area contributed by atoms with E-state index in [1.54, 1.807) is 0 Å². The van der Waals surface area contributed by atoms with E-state index in [9.17, 15) is 18.0 Å². The Kier molecular flexibility index (Phi) is 4.00. The molecule has 1 heterocycles. The van der Waals surface area contributed by atoms with E-state index in [2.05, 4.69) is 0 Å². The number of carbonyl (C=O) groups is 1. The molecule has 0 unspecified atom stereocenters. The zero-order chi connectivity index (χ0) is 16.7. The van der Waals surface area contributed by atoms with Gasteiger partial charge in [-0.15, -0.1) is 0 Å². The van der Waals surface area contributed by atoms with Crippen LogP contribution < -0.4 is 4.74 Å². The third-order valence-electron chi connectivity index (χ3n) is 4.50. The molecule has 1 aromatic carbocycles. The molecule has 2 aliphatic rings. The highest BCUT2D eigenvalue weighted by Crippen LogP contribution is 2.44. The summed E-state index contributed by atoms with van der Waals surface area (Å²) < 4.78 is 48.7. The maximum atomic E-state index is 12.7. The Labute approximate surface area is 132 Å². The van der Waals surface area contributed by atoms with Crippen molar-refractivity contribution in [1.82, 2.24) is 4.90 Å². The molecule has 1 aliphatic carbocycles. The minimum Gasteiger partial charge on any atom is -0.489 e. The van der Waals surface area contributed by atoms with Gasteiger partial charge in [-0.3, -0.25) is 9.69 Å². The van der Waals surface area contributed by atoms with Crippen molar-refractivity contribution in [1.29, 1.82) is 0 Å². The van der Waals surface area contributed by atoms with E-state index < -0.39 is 17.3 Å². The predicted molar refractivity (Wildman–Crippen MR) is 76.0 cm³/mol. The molecule has 1 aliphatic heterocycles. The Morgan fingerprint density at radius 1 is 1.35 bits per heavy atom. The first-order chi connectivity index (χ1) is 10.8. The van der Waals surface area contributed by atoms with Gasteiger partial charge in [-0.2, -0.15) is 13.2 Å². The first kappa shape index (κ1) is 16.1. The number of methoxy groups -OCH3 is 1. The maximum absolute atomic E-state index is 12.7. The fourth-order valence-electron chi connectivity index (χ4n) is 3.11. The normalized spacial score (nSPS) is 23.6. The van der Waals surface area contributed by atoms with Crippen molar-refractivity contribution < 1.29 is 27.4 Å². The number of ether oxygens (including phenoxy) is 2. The van der Waals surface area contributed by atoms with Gasteiger partial charge in [0.25, 0.3) is 0 Å². The largest absolute Gasteiger partial charge is 0.489 e. The van der Waals surface area contributed by atoms with Crippen molar-refractivity contribution in [2.24, 2.45) is 0 Å². The molecule has 3 rings (SSSR count). The second kappa shape index (κ2) is 5.70. The van der Waals surface area contributed by atoms with Crippen molar-refractivity contribution in [2.45, 2.75) is 37.1 Å². The summed E-state index contributed by atoms with van der Waals surface area (Å²) in [5.41, 5.74) is -1.26. The zero-order valence-corrected chi connectivity index (χ0v) is 12.7. The molecular weight excluding hydrogens is 311 g/mol. The molecule has 4 nitrogen and oxygen atoms in total. The van der Waals surface area contributed by atoms with E-state index in [1.165, 1.54) is 19.2 Å². The standard InChI is InChI=1S/C16H18F3NO3/c1-22-14(21)15(6-7-15)20-8-5-13(10-20)23-12-4-2-3-11(9-12)16(17,18)19/h2-4,9,13H,5-8,10H2,1H3/t13-/m1/s1. The smallest absolute Gasteiger partial charge is 0.416 e. The number of rotatable bonds is 4. The van der Waals surface area contributed by atoms with E-state index in [0.29, 0.717) is 19.5 Å². The minimum atomic E-state index is -4.38. The summed E-state index contributed by atoms with van der Waals surface area (Å²) in [6.45, 7) is 1.20. The minimum absolute atomic E-state index is 0.203. The number of likely N-dealkylation sites (tertiary alicyclic amines) is 1. The van der Waals surface area contributed by atoms with Gasteiger partial charge < -0.3 is 9.47 Å². The molecule has 0 radical (unpaired) electrons. The van der Waals surface area contributed by atoms with Crippen LogP contribution >= 0.6 is 0 Å². The Bertz CT molecular complexity index is 598. The molecule has 23 heavy (non-hydrogen) atoms. The van der Waals surface area contributed by atoms with Gasteiger partial charge in [0.05, 0.1) is 12.7 Å². The van der Waals surface area contributed by atoms with E-state index in [0.717, 1.165) is 25.0 Å². The van der Waals surface area contributed by atoms with E-state index in [4.69, 9.17) is 9.47 Å². The lowest BCUT2D eigenvalue weighted by Gasteiger charge is -2.25. The van der Waals surface area contributed by atoms with Crippen LogP contribution in [0.1, 0.15) is 24.8 Å². The fourth-order valence-corrected chi connectivity index (χ4v) is 3.11. The monoisotopic (exact) mass is 329 g/mol. The van der Waals surface area contributed by atoms with Gasteiger partial charge in [0.2, 0.25) is 0 Å². The number of alkyl halides is 3. The highest BCUT2D eigenvalue weighted by molar-refractivity contribution is 5.84. The maximum Gasteiger partial charge on any atom is 0.416 e. The Hall–Kier alpha value is -1.76. The number of carbonyl (C=O) groups excluding carboxylic acids is 1. The van der Waals surface area contributed by atoms with Crippen LogP contribution in [0.2, 0.25) is 0 Å². The number of hydrogen-bond donors (Lipinski definition) is 0. The van der Waals surface area contributed by atoms with Gasteiger partial charge in [0.15, 0.2) is 0 Å². The third-order valence-corrected chi connectivity index (χ3v) is 4.50. The molecule has 0 bridgehead atoms. The average molecular weight is 329 g/mol. The summed E-state index contributed by atoms with van der Waals surface area (Å²) in [5.74, 6) is -0.0354. The third kappa shape index (κ3) is 3.15. The second-order valence-corrected chi connectivity index (χ2v) is 6.02. The number of halogens is 3. The van der Waals surface area contributed by atoms with Crippen LogP contribution in [0.5, 0.6) is 5.75 Å². The first-order valence-electron chi connectivity index (χ1n) is 7.52. The van der Waals surface area contributed by atoms with E-state index in [1.807, 2.05) is 4.90 Å². The summed E-state index contributed by atoms with van der Waals surface area (Å²) >= 11 is 0. The molecule has 1 aromatic rings. The number of benzene rings is 1. The summed E-state index contributed by atoms with van der Waals surface area (Å²) in [6.07, 6.45) is -2.41. The van der Waals surface area contributed by atoms with Crippen LogP contribution in [-0.2, 0) is 15.7 Å². The SMILES string of the molecule is COC(=O)C1(N2CC[C@@H](Oc3cccc(C(F)(F)F)c3)C2)CC1. The molecule has 0 amide bonds. The molecule has 2 fully saturated rings. The van der Waals surface area contributed by atoms with Crippen molar-refractivity contribution in [3.8, 4) is 5.75 Å². The topological polar surface area (TPSA) is 38.8 Å². The molecule has 1 atom stereocenters. The highest BCUT2D eigenvalue weighted by atomic mass is 19.4. The van der Waals surface area contributed by atoms with E-state index in [-0.39, 0.29) is 17.8 Å². The summed E-state index contributed by atoms with van der Waals surface area (Å²) in [7, 11) is 1.37. The molecule has 0 N–H and O–H groups in total. The van der Waals surface area contributed by atoms with Gasteiger partial charge in [0, 0.05) is 13.1 Å². The van der Waals surface area contributed by atoms with Crippen molar-refractivity contribution in [3.05, 3.63) is 29.8 Å². The van der Waals surface area contributed by atoms with Gasteiger partial charge >= 0.3 is 12.1 Å². The highest BCUT2D eigenvalue weighted by Gasteiger charge is 2.57. The van der Waals surface area contributed by atoms with Gasteiger partial charge in [-0.1, -0.05) is 6.07 Å².